The van der Waals surface area contributed by atoms with Crippen LogP contribution in [-0.2, 0) is 9.59 Å². The fourth-order valence-electron chi connectivity index (χ4n) is 3.23. The molecule has 1 fully saturated rings. The molecule has 1 aliphatic rings. The average molecular weight is 330 g/mol. The van der Waals surface area contributed by atoms with Crippen molar-refractivity contribution in [1.82, 2.24) is 10.6 Å². The second-order valence-electron chi connectivity index (χ2n) is 7.47. The van der Waals surface area contributed by atoms with Crippen LogP contribution in [0.15, 0.2) is 30.3 Å². The zero-order valence-corrected chi connectivity index (χ0v) is 15.0. The second kappa shape index (κ2) is 8.86. The normalized spacial score (nSPS) is 22.0. The molecule has 0 aliphatic heterocycles. The minimum atomic E-state index is -0.614. The maximum absolute atomic E-state index is 12.8. The molecule has 2 rings (SSSR count). The van der Waals surface area contributed by atoms with Crippen LogP contribution in [0.5, 0.6) is 0 Å². The van der Waals surface area contributed by atoms with Crippen LogP contribution in [0.2, 0.25) is 0 Å². The summed E-state index contributed by atoms with van der Waals surface area (Å²) in [6.45, 7) is 6.26. The Hall–Kier alpha value is -1.84. The molecule has 1 aromatic rings. The van der Waals surface area contributed by atoms with Crippen molar-refractivity contribution >= 4 is 11.8 Å². The zero-order chi connectivity index (χ0) is 17.5. The summed E-state index contributed by atoms with van der Waals surface area (Å²) in [7, 11) is 0. The van der Waals surface area contributed by atoms with Gasteiger partial charge < -0.3 is 10.6 Å². The molecule has 24 heavy (non-hydrogen) atoms. The average Bonchev–Trinajstić information content (AvgIpc) is 2.55. The lowest BCUT2D eigenvalue weighted by molar-refractivity contribution is -0.130. The summed E-state index contributed by atoms with van der Waals surface area (Å²) in [5.41, 5.74) is 0.830. The molecule has 0 radical (unpaired) electrons. The Balaban J connectivity index is 2.04. The number of nitrogens with one attached hydrogen (secondary N) is 2. The molecule has 1 unspecified atom stereocenters. The third-order valence-corrected chi connectivity index (χ3v) is 4.66. The predicted octanol–water partition coefficient (Wildman–Crippen LogP) is 3.58. The first kappa shape index (κ1) is 18.5. The maximum Gasteiger partial charge on any atom is 0.247 e. The van der Waals surface area contributed by atoms with Gasteiger partial charge in [-0.15, -0.1) is 0 Å². The number of hydrogen-bond donors (Lipinski definition) is 2. The molecular formula is C20H30N2O2. The van der Waals surface area contributed by atoms with Crippen LogP contribution < -0.4 is 10.6 Å². The Kier molecular flexibility index (Phi) is 6.83. The molecule has 4 heteroatoms. The van der Waals surface area contributed by atoms with Crippen LogP contribution in [0, 0.1) is 11.8 Å². The minimum Gasteiger partial charge on any atom is -0.351 e. The van der Waals surface area contributed by atoms with Crippen LogP contribution >= 0.6 is 0 Å². The van der Waals surface area contributed by atoms with Crippen molar-refractivity contribution in [1.29, 1.82) is 0 Å². The maximum atomic E-state index is 12.8. The fourth-order valence-corrected chi connectivity index (χ4v) is 3.23. The van der Waals surface area contributed by atoms with Gasteiger partial charge in [0.2, 0.25) is 11.8 Å². The van der Waals surface area contributed by atoms with Gasteiger partial charge in [-0.2, -0.15) is 0 Å². The molecule has 0 spiro atoms. The van der Waals surface area contributed by atoms with Gasteiger partial charge >= 0.3 is 0 Å². The highest BCUT2D eigenvalue weighted by atomic mass is 16.2. The number of carbonyl (C=O) groups excluding carboxylic acids is 2. The van der Waals surface area contributed by atoms with Crippen molar-refractivity contribution in [3.63, 3.8) is 0 Å². The number of carbonyl (C=O) groups is 2. The lowest BCUT2D eigenvalue weighted by Crippen LogP contribution is -2.45. The molecular weight excluding hydrogens is 300 g/mol. The van der Waals surface area contributed by atoms with E-state index in [2.05, 4.69) is 17.6 Å². The summed E-state index contributed by atoms with van der Waals surface area (Å²) in [5.74, 6) is 0.835. The standard InChI is InChI=1S/C20H30N2O2/c1-14(2)13-18(23)22-19(16-7-5-4-6-8-16)20(24)21-17-11-9-15(3)10-12-17/h4-8,14-15,17,19H,9-13H2,1-3H3,(H,21,24)(H,22,23). The minimum absolute atomic E-state index is 0.0775. The van der Waals surface area contributed by atoms with Gasteiger partial charge in [0.25, 0.3) is 0 Å². The summed E-state index contributed by atoms with van der Waals surface area (Å²) >= 11 is 0. The molecule has 4 nitrogen and oxygen atoms in total. The Bertz CT molecular complexity index is 534. The topological polar surface area (TPSA) is 58.2 Å². The molecule has 2 N–H and O–H groups in total. The van der Waals surface area contributed by atoms with Crippen LogP contribution in [0.3, 0.4) is 0 Å². The second-order valence-corrected chi connectivity index (χ2v) is 7.47. The summed E-state index contributed by atoms with van der Waals surface area (Å²) in [6, 6.07) is 9.10. The third-order valence-electron chi connectivity index (χ3n) is 4.66. The third kappa shape index (κ3) is 5.66. The molecule has 1 atom stereocenters. The molecule has 0 heterocycles. The number of benzene rings is 1. The Labute approximate surface area is 145 Å². The molecule has 1 saturated carbocycles. The van der Waals surface area contributed by atoms with Crippen molar-refractivity contribution in [3.05, 3.63) is 35.9 Å². The molecule has 0 saturated heterocycles. The van der Waals surface area contributed by atoms with E-state index >= 15 is 0 Å². The van der Waals surface area contributed by atoms with Crippen LogP contribution in [0.4, 0.5) is 0 Å². The van der Waals surface area contributed by atoms with Crippen molar-refractivity contribution < 1.29 is 9.59 Å². The quantitative estimate of drug-likeness (QED) is 0.837. The molecule has 132 valence electrons. The monoisotopic (exact) mass is 330 g/mol. The molecule has 1 aromatic carbocycles. The van der Waals surface area contributed by atoms with Crippen molar-refractivity contribution in [2.75, 3.05) is 0 Å². The van der Waals surface area contributed by atoms with Crippen molar-refractivity contribution in [2.45, 2.75) is 65.0 Å². The fraction of sp³-hybridized carbons (Fsp3) is 0.600. The first-order valence-corrected chi connectivity index (χ1v) is 9.10. The Morgan fingerprint density at radius 3 is 2.29 bits per heavy atom. The lowest BCUT2D eigenvalue weighted by atomic mass is 9.87. The highest BCUT2D eigenvalue weighted by Gasteiger charge is 2.26. The van der Waals surface area contributed by atoms with E-state index in [9.17, 15) is 9.59 Å². The van der Waals surface area contributed by atoms with E-state index < -0.39 is 6.04 Å². The predicted molar refractivity (Wildman–Crippen MR) is 96.3 cm³/mol. The smallest absolute Gasteiger partial charge is 0.247 e. The summed E-state index contributed by atoms with van der Waals surface area (Å²) < 4.78 is 0. The first-order chi connectivity index (χ1) is 11.5. The van der Waals surface area contributed by atoms with E-state index in [4.69, 9.17) is 0 Å². The number of amides is 2. The van der Waals surface area contributed by atoms with Crippen LogP contribution in [-0.4, -0.2) is 17.9 Å². The van der Waals surface area contributed by atoms with Gasteiger partial charge in [-0.1, -0.05) is 51.1 Å². The van der Waals surface area contributed by atoms with Gasteiger partial charge in [-0.3, -0.25) is 9.59 Å². The van der Waals surface area contributed by atoms with Gasteiger partial charge in [0.15, 0.2) is 0 Å². The molecule has 0 bridgehead atoms. The molecule has 1 aliphatic carbocycles. The number of rotatable bonds is 6. The Morgan fingerprint density at radius 1 is 1.08 bits per heavy atom. The lowest BCUT2D eigenvalue weighted by Gasteiger charge is -2.29. The van der Waals surface area contributed by atoms with E-state index in [-0.39, 0.29) is 23.8 Å². The van der Waals surface area contributed by atoms with Gasteiger partial charge in [0, 0.05) is 12.5 Å². The zero-order valence-electron chi connectivity index (χ0n) is 15.0. The van der Waals surface area contributed by atoms with Crippen LogP contribution in [0.25, 0.3) is 0 Å². The SMILES string of the molecule is CC(C)CC(=O)NC(C(=O)NC1CCC(C)CC1)c1ccccc1. The first-order valence-electron chi connectivity index (χ1n) is 9.10. The van der Waals surface area contributed by atoms with E-state index in [1.54, 1.807) is 0 Å². The van der Waals surface area contributed by atoms with E-state index in [0.717, 1.165) is 37.2 Å². The Morgan fingerprint density at radius 2 is 1.71 bits per heavy atom. The van der Waals surface area contributed by atoms with Crippen molar-refractivity contribution in [3.8, 4) is 0 Å². The highest BCUT2D eigenvalue weighted by molar-refractivity contribution is 5.88. The summed E-state index contributed by atoms with van der Waals surface area (Å²) in [5, 5.41) is 6.05. The van der Waals surface area contributed by atoms with Gasteiger partial charge in [0.1, 0.15) is 6.04 Å². The van der Waals surface area contributed by atoms with E-state index in [1.807, 2.05) is 44.2 Å². The van der Waals surface area contributed by atoms with Crippen molar-refractivity contribution in [2.24, 2.45) is 11.8 Å². The molecule has 2 amide bonds. The molecule has 0 aromatic heterocycles. The summed E-state index contributed by atoms with van der Waals surface area (Å²) in [4.78, 5) is 25.0. The number of hydrogen-bond acceptors (Lipinski definition) is 2. The highest BCUT2D eigenvalue weighted by Crippen LogP contribution is 2.24. The van der Waals surface area contributed by atoms with Gasteiger partial charge in [0.05, 0.1) is 0 Å². The van der Waals surface area contributed by atoms with E-state index in [1.165, 1.54) is 0 Å². The van der Waals surface area contributed by atoms with Gasteiger partial charge in [-0.25, -0.2) is 0 Å². The summed E-state index contributed by atoms with van der Waals surface area (Å²) in [6.07, 6.45) is 4.78. The van der Waals surface area contributed by atoms with Gasteiger partial charge in [-0.05, 0) is 43.1 Å². The largest absolute Gasteiger partial charge is 0.351 e. The van der Waals surface area contributed by atoms with Crippen LogP contribution in [0.1, 0.15) is 64.5 Å². The van der Waals surface area contributed by atoms with E-state index in [0.29, 0.717) is 6.42 Å².